The lowest BCUT2D eigenvalue weighted by molar-refractivity contribution is 0.306. The van der Waals surface area contributed by atoms with E-state index in [2.05, 4.69) is 66.2 Å². The Bertz CT molecular complexity index is 519. The van der Waals surface area contributed by atoms with E-state index in [4.69, 9.17) is 4.74 Å². The maximum absolute atomic E-state index is 5.79. The van der Waals surface area contributed by atoms with Gasteiger partial charge in [0, 0.05) is 4.47 Å². The minimum atomic E-state index is 0.599. The van der Waals surface area contributed by atoms with Crippen LogP contribution in [0.2, 0.25) is 0 Å². The third-order valence-corrected chi connectivity index (χ3v) is 3.85. The Balaban J connectivity index is 1.96. The van der Waals surface area contributed by atoms with Crippen LogP contribution in [0.1, 0.15) is 37.3 Å². The highest BCUT2D eigenvalue weighted by atomic mass is 79.9. The van der Waals surface area contributed by atoms with Gasteiger partial charge in [-0.2, -0.15) is 0 Å². The van der Waals surface area contributed by atoms with Crippen molar-refractivity contribution in [2.45, 2.75) is 32.8 Å². The van der Waals surface area contributed by atoms with Gasteiger partial charge in [-0.15, -0.1) is 0 Å². The van der Waals surface area contributed by atoms with E-state index in [0.717, 1.165) is 16.6 Å². The summed E-state index contributed by atoms with van der Waals surface area (Å²) in [5, 5.41) is 0. The summed E-state index contributed by atoms with van der Waals surface area (Å²) in [6.07, 6.45) is 1.16. The Kier molecular flexibility index (Phi) is 5.03. The molecule has 0 saturated heterocycles. The minimum Gasteiger partial charge on any atom is -0.489 e. The maximum Gasteiger partial charge on any atom is 0.119 e. The van der Waals surface area contributed by atoms with E-state index in [9.17, 15) is 0 Å². The highest BCUT2D eigenvalue weighted by Crippen LogP contribution is 2.22. The minimum absolute atomic E-state index is 0.599. The van der Waals surface area contributed by atoms with Gasteiger partial charge in [-0.05, 0) is 47.7 Å². The molecule has 0 spiro atoms. The third kappa shape index (κ3) is 4.10. The van der Waals surface area contributed by atoms with Crippen molar-refractivity contribution in [3.63, 3.8) is 0 Å². The van der Waals surface area contributed by atoms with Crippen LogP contribution in [0.15, 0.2) is 53.0 Å². The number of benzene rings is 2. The number of hydrogen-bond donors (Lipinski definition) is 0. The molecule has 0 fully saturated rings. The fourth-order valence-electron chi connectivity index (χ4n) is 1.92. The van der Waals surface area contributed by atoms with Crippen LogP contribution < -0.4 is 4.74 Å². The quantitative estimate of drug-likeness (QED) is 0.703. The van der Waals surface area contributed by atoms with E-state index in [-0.39, 0.29) is 0 Å². The maximum atomic E-state index is 5.79. The molecule has 0 N–H and O–H groups in total. The molecule has 0 amide bonds. The van der Waals surface area contributed by atoms with Crippen molar-refractivity contribution in [3.8, 4) is 5.75 Å². The summed E-state index contributed by atoms with van der Waals surface area (Å²) in [6.45, 7) is 5.06. The van der Waals surface area contributed by atoms with Gasteiger partial charge in [-0.25, -0.2) is 0 Å². The molecule has 1 unspecified atom stereocenters. The fraction of sp³-hybridized carbons (Fsp3) is 0.294. The molecule has 2 rings (SSSR count). The van der Waals surface area contributed by atoms with Crippen molar-refractivity contribution in [1.82, 2.24) is 0 Å². The van der Waals surface area contributed by atoms with Gasteiger partial charge < -0.3 is 4.74 Å². The van der Waals surface area contributed by atoms with Crippen LogP contribution >= 0.6 is 15.9 Å². The van der Waals surface area contributed by atoms with Gasteiger partial charge in [-0.1, -0.05) is 54.0 Å². The van der Waals surface area contributed by atoms with Crippen LogP contribution in [0, 0.1) is 0 Å². The molecule has 2 aromatic rings. The van der Waals surface area contributed by atoms with Crippen LogP contribution in [0.25, 0.3) is 0 Å². The smallest absolute Gasteiger partial charge is 0.119 e. The molecule has 0 aliphatic heterocycles. The van der Waals surface area contributed by atoms with Crippen LogP contribution in [0.3, 0.4) is 0 Å². The van der Waals surface area contributed by atoms with E-state index < -0.39 is 0 Å². The van der Waals surface area contributed by atoms with Gasteiger partial charge >= 0.3 is 0 Å². The summed E-state index contributed by atoms with van der Waals surface area (Å²) in [6, 6.07) is 16.6. The molecule has 0 aliphatic rings. The molecular formula is C17H19BrO. The lowest BCUT2D eigenvalue weighted by Gasteiger charge is -2.11. The van der Waals surface area contributed by atoms with E-state index >= 15 is 0 Å². The van der Waals surface area contributed by atoms with Gasteiger partial charge in [0.15, 0.2) is 0 Å². The molecule has 1 atom stereocenters. The molecule has 2 heteroatoms. The Morgan fingerprint density at radius 3 is 2.47 bits per heavy atom. The first-order valence-electron chi connectivity index (χ1n) is 6.66. The lowest BCUT2D eigenvalue weighted by Crippen LogP contribution is -1.96. The zero-order valence-corrected chi connectivity index (χ0v) is 13.0. The Morgan fingerprint density at radius 1 is 1.11 bits per heavy atom. The predicted octanol–water partition coefficient (Wildman–Crippen LogP) is 5.54. The first-order chi connectivity index (χ1) is 9.19. The molecule has 0 saturated carbocycles. The average molecular weight is 319 g/mol. The fourth-order valence-corrected chi connectivity index (χ4v) is 2.37. The Hall–Kier alpha value is -1.28. The molecule has 2 aromatic carbocycles. The van der Waals surface area contributed by atoms with Gasteiger partial charge in [0.1, 0.15) is 12.4 Å². The highest BCUT2D eigenvalue weighted by Gasteiger charge is 2.03. The predicted molar refractivity (Wildman–Crippen MR) is 83.6 cm³/mol. The van der Waals surface area contributed by atoms with Crippen LogP contribution in [0.5, 0.6) is 5.75 Å². The summed E-state index contributed by atoms with van der Waals surface area (Å²) < 4.78 is 6.88. The van der Waals surface area contributed by atoms with Crippen LogP contribution in [0.4, 0.5) is 0 Å². The van der Waals surface area contributed by atoms with Gasteiger partial charge in [-0.3, -0.25) is 0 Å². The lowest BCUT2D eigenvalue weighted by atomic mass is 9.99. The largest absolute Gasteiger partial charge is 0.489 e. The standard InChI is InChI=1S/C17H19BrO/c1-3-13(2)15-7-9-17(10-8-15)19-12-14-5-4-6-16(18)11-14/h4-11,13H,3,12H2,1-2H3. The number of ether oxygens (including phenoxy) is 1. The number of halogens is 1. The molecule has 0 heterocycles. The highest BCUT2D eigenvalue weighted by molar-refractivity contribution is 9.10. The first kappa shape index (κ1) is 14.1. The molecule has 0 radical (unpaired) electrons. The van der Waals surface area contributed by atoms with Crippen molar-refractivity contribution < 1.29 is 4.74 Å². The topological polar surface area (TPSA) is 9.23 Å². The monoisotopic (exact) mass is 318 g/mol. The zero-order chi connectivity index (χ0) is 13.7. The second kappa shape index (κ2) is 6.76. The first-order valence-corrected chi connectivity index (χ1v) is 7.45. The summed E-state index contributed by atoms with van der Waals surface area (Å²) in [5.41, 5.74) is 2.54. The number of rotatable bonds is 5. The van der Waals surface area contributed by atoms with Crippen molar-refractivity contribution >= 4 is 15.9 Å². The van der Waals surface area contributed by atoms with Crippen molar-refractivity contribution in [2.75, 3.05) is 0 Å². The van der Waals surface area contributed by atoms with E-state index in [1.165, 1.54) is 11.1 Å². The molecule has 100 valence electrons. The van der Waals surface area contributed by atoms with Gasteiger partial charge in [0.05, 0.1) is 0 Å². The molecule has 0 aliphatic carbocycles. The Labute approximate surface area is 123 Å². The molecule has 0 bridgehead atoms. The van der Waals surface area contributed by atoms with E-state index in [0.29, 0.717) is 12.5 Å². The summed E-state index contributed by atoms with van der Waals surface area (Å²) in [4.78, 5) is 0. The van der Waals surface area contributed by atoms with Crippen molar-refractivity contribution in [1.29, 1.82) is 0 Å². The molecule has 19 heavy (non-hydrogen) atoms. The van der Waals surface area contributed by atoms with Crippen LogP contribution in [-0.4, -0.2) is 0 Å². The summed E-state index contributed by atoms with van der Waals surface area (Å²) in [5.74, 6) is 1.53. The Morgan fingerprint density at radius 2 is 1.84 bits per heavy atom. The third-order valence-electron chi connectivity index (χ3n) is 3.36. The molecule has 0 aromatic heterocycles. The normalized spacial score (nSPS) is 12.2. The van der Waals surface area contributed by atoms with Crippen molar-refractivity contribution in [2.24, 2.45) is 0 Å². The second-order valence-corrected chi connectivity index (χ2v) is 5.71. The average Bonchev–Trinajstić information content (AvgIpc) is 2.45. The van der Waals surface area contributed by atoms with Crippen molar-refractivity contribution in [3.05, 3.63) is 64.1 Å². The molecule has 1 nitrogen and oxygen atoms in total. The van der Waals surface area contributed by atoms with E-state index in [1.807, 2.05) is 12.1 Å². The SMILES string of the molecule is CCC(C)c1ccc(OCc2cccc(Br)c2)cc1. The summed E-state index contributed by atoms with van der Waals surface area (Å²) >= 11 is 3.47. The zero-order valence-electron chi connectivity index (χ0n) is 11.4. The number of hydrogen-bond acceptors (Lipinski definition) is 1. The van der Waals surface area contributed by atoms with Gasteiger partial charge in [0.25, 0.3) is 0 Å². The summed E-state index contributed by atoms with van der Waals surface area (Å²) in [7, 11) is 0. The molecular weight excluding hydrogens is 300 g/mol. The second-order valence-electron chi connectivity index (χ2n) is 4.80. The van der Waals surface area contributed by atoms with Gasteiger partial charge in [0.2, 0.25) is 0 Å². The van der Waals surface area contributed by atoms with Crippen LogP contribution in [-0.2, 0) is 6.61 Å². The van der Waals surface area contributed by atoms with E-state index in [1.54, 1.807) is 0 Å².